The molecule has 0 spiro atoms. The zero-order valence-electron chi connectivity index (χ0n) is 9.59. The van der Waals surface area contributed by atoms with E-state index in [1.165, 1.54) is 0 Å². The Hall–Kier alpha value is -2.36. The molecule has 1 aliphatic rings. The monoisotopic (exact) mass is 241 g/mol. The average molecular weight is 241 g/mol. The van der Waals surface area contributed by atoms with E-state index < -0.39 is 5.97 Å². The van der Waals surface area contributed by atoms with Crippen molar-refractivity contribution in [2.75, 3.05) is 0 Å². The lowest BCUT2D eigenvalue weighted by atomic mass is 10.0. The highest BCUT2D eigenvalue weighted by Crippen LogP contribution is 2.28. The summed E-state index contributed by atoms with van der Waals surface area (Å²) in [6, 6.07) is 8.81. The van der Waals surface area contributed by atoms with Crippen LogP contribution >= 0.6 is 0 Å². The van der Waals surface area contributed by atoms with Crippen LogP contribution < -0.4 is 4.74 Å². The van der Waals surface area contributed by atoms with Gasteiger partial charge in [0, 0.05) is 12.6 Å². The van der Waals surface area contributed by atoms with Crippen molar-refractivity contribution in [3.05, 3.63) is 58.9 Å². The van der Waals surface area contributed by atoms with Gasteiger partial charge >= 0.3 is 5.97 Å². The van der Waals surface area contributed by atoms with E-state index in [0.717, 1.165) is 22.6 Å². The molecule has 0 fully saturated rings. The van der Waals surface area contributed by atoms with Crippen LogP contribution in [0, 0.1) is 0 Å². The number of carboxylic acid groups (broad SMARTS) is 1. The lowest BCUT2D eigenvalue weighted by Crippen LogP contribution is -1.99. The number of rotatable bonds is 1. The lowest BCUT2D eigenvalue weighted by molar-refractivity contribution is 0.0696. The largest absolute Gasteiger partial charge is 0.487 e. The first-order chi connectivity index (χ1) is 8.74. The van der Waals surface area contributed by atoms with Gasteiger partial charge in [-0.3, -0.25) is 4.98 Å². The molecule has 0 bridgehead atoms. The normalized spacial score (nSPS) is 12.9. The number of aromatic nitrogens is 1. The van der Waals surface area contributed by atoms with Gasteiger partial charge in [-0.25, -0.2) is 4.79 Å². The van der Waals surface area contributed by atoms with E-state index in [0.29, 0.717) is 13.0 Å². The molecule has 18 heavy (non-hydrogen) atoms. The molecule has 4 heteroatoms. The summed E-state index contributed by atoms with van der Waals surface area (Å²) in [5.74, 6) is -0.188. The average Bonchev–Trinajstić information content (AvgIpc) is 2.56. The molecule has 4 nitrogen and oxygen atoms in total. The van der Waals surface area contributed by atoms with Gasteiger partial charge in [-0.05, 0) is 35.4 Å². The van der Waals surface area contributed by atoms with Crippen molar-refractivity contribution in [3.8, 4) is 5.75 Å². The second-order valence-electron chi connectivity index (χ2n) is 4.20. The molecule has 1 aliphatic heterocycles. The second-order valence-corrected chi connectivity index (χ2v) is 4.20. The molecule has 1 N–H and O–H groups in total. The first-order valence-corrected chi connectivity index (χ1v) is 5.66. The molecule has 2 heterocycles. The maximum Gasteiger partial charge on any atom is 0.335 e. The van der Waals surface area contributed by atoms with Crippen LogP contribution in [0.3, 0.4) is 0 Å². The van der Waals surface area contributed by atoms with Crippen molar-refractivity contribution in [2.45, 2.75) is 13.0 Å². The number of pyridine rings is 1. The maximum absolute atomic E-state index is 11.0. The molecule has 0 amide bonds. The van der Waals surface area contributed by atoms with Gasteiger partial charge in [-0.15, -0.1) is 0 Å². The number of benzene rings is 1. The quantitative estimate of drug-likeness (QED) is 0.832. The Morgan fingerprint density at radius 1 is 1.28 bits per heavy atom. The van der Waals surface area contributed by atoms with Gasteiger partial charge in [-0.2, -0.15) is 0 Å². The fourth-order valence-electron chi connectivity index (χ4n) is 2.10. The number of hydrogen-bond donors (Lipinski definition) is 1. The zero-order valence-corrected chi connectivity index (χ0v) is 9.59. The van der Waals surface area contributed by atoms with Crippen LogP contribution in [-0.2, 0) is 13.0 Å². The van der Waals surface area contributed by atoms with Crippen molar-refractivity contribution in [3.63, 3.8) is 0 Å². The van der Waals surface area contributed by atoms with Gasteiger partial charge in [0.1, 0.15) is 12.4 Å². The Labute approximate surface area is 104 Å². The highest BCUT2D eigenvalue weighted by atomic mass is 16.5. The molecular weight excluding hydrogens is 230 g/mol. The fraction of sp³-hybridized carbons (Fsp3) is 0.143. The molecule has 0 saturated heterocycles. The second kappa shape index (κ2) is 4.14. The minimum Gasteiger partial charge on any atom is -0.487 e. The van der Waals surface area contributed by atoms with Crippen LogP contribution in [-0.4, -0.2) is 16.1 Å². The minimum absolute atomic E-state index is 0.282. The summed E-state index contributed by atoms with van der Waals surface area (Å²) in [6.45, 7) is 0.426. The number of carboxylic acids is 1. The van der Waals surface area contributed by atoms with Crippen LogP contribution in [0.5, 0.6) is 5.75 Å². The molecule has 0 radical (unpaired) electrons. The molecule has 0 saturated carbocycles. The Kier molecular flexibility index (Phi) is 2.48. The third-order valence-corrected chi connectivity index (χ3v) is 3.04. The summed E-state index contributed by atoms with van der Waals surface area (Å²) < 4.78 is 5.65. The molecular formula is C14H11NO3. The molecule has 90 valence electrons. The molecule has 0 unspecified atom stereocenters. The van der Waals surface area contributed by atoms with Gasteiger partial charge in [0.15, 0.2) is 0 Å². The Bertz CT molecular complexity index is 622. The standard InChI is InChI=1S/C14H11NO3/c16-14(17)10-3-4-13-11(7-10)6-9-2-1-5-15-12(9)8-18-13/h1-5,7H,6,8H2,(H,16,17). The highest BCUT2D eigenvalue weighted by molar-refractivity contribution is 5.88. The molecule has 3 rings (SSSR count). The van der Waals surface area contributed by atoms with E-state index in [1.54, 1.807) is 24.4 Å². The smallest absolute Gasteiger partial charge is 0.335 e. The van der Waals surface area contributed by atoms with E-state index in [-0.39, 0.29) is 5.56 Å². The number of ether oxygens (including phenoxy) is 1. The van der Waals surface area contributed by atoms with Crippen LogP contribution in [0.4, 0.5) is 0 Å². The number of carbonyl (C=O) groups is 1. The molecule has 2 aromatic rings. The van der Waals surface area contributed by atoms with Crippen molar-refractivity contribution in [1.29, 1.82) is 0 Å². The number of fused-ring (bicyclic) bond motifs is 2. The van der Waals surface area contributed by atoms with Crippen LogP contribution in [0.2, 0.25) is 0 Å². The first kappa shape index (κ1) is 10.8. The van der Waals surface area contributed by atoms with E-state index in [4.69, 9.17) is 9.84 Å². The van der Waals surface area contributed by atoms with Gasteiger partial charge in [0.2, 0.25) is 0 Å². The topological polar surface area (TPSA) is 59.4 Å². The maximum atomic E-state index is 11.0. The summed E-state index contributed by atoms with van der Waals surface area (Å²) in [5, 5.41) is 9.00. The predicted octanol–water partition coefficient (Wildman–Crippen LogP) is 2.26. The summed E-state index contributed by atoms with van der Waals surface area (Å²) in [6.07, 6.45) is 2.39. The number of hydrogen-bond acceptors (Lipinski definition) is 3. The minimum atomic E-state index is -0.923. The third kappa shape index (κ3) is 1.82. The van der Waals surface area contributed by atoms with Crippen LogP contribution in [0.25, 0.3) is 0 Å². The van der Waals surface area contributed by atoms with Gasteiger partial charge < -0.3 is 9.84 Å². The lowest BCUT2D eigenvalue weighted by Gasteiger charge is -2.07. The van der Waals surface area contributed by atoms with Crippen molar-refractivity contribution >= 4 is 5.97 Å². The van der Waals surface area contributed by atoms with Gasteiger partial charge in [0.05, 0.1) is 11.3 Å². The molecule has 1 aromatic carbocycles. The SMILES string of the molecule is O=C(O)c1ccc2c(c1)Cc1cccnc1CO2. The summed E-state index contributed by atoms with van der Waals surface area (Å²) in [7, 11) is 0. The first-order valence-electron chi connectivity index (χ1n) is 5.66. The number of nitrogens with zero attached hydrogens (tertiary/aromatic N) is 1. The van der Waals surface area contributed by atoms with E-state index in [2.05, 4.69) is 4.98 Å². The summed E-state index contributed by atoms with van der Waals surface area (Å²) in [5.41, 5.74) is 3.16. The molecule has 0 atom stereocenters. The number of aromatic carboxylic acids is 1. The van der Waals surface area contributed by atoms with Crippen LogP contribution in [0.1, 0.15) is 27.2 Å². The van der Waals surface area contributed by atoms with E-state index >= 15 is 0 Å². The van der Waals surface area contributed by atoms with Gasteiger partial charge in [0.25, 0.3) is 0 Å². The Morgan fingerprint density at radius 2 is 2.17 bits per heavy atom. The van der Waals surface area contributed by atoms with Crippen LogP contribution in [0.15, 0.2) is 36.5 Å². The Morgan fingerprint density at radius 3 is 3.00 bits per heavy atom. The highest BCUT2D eigenvalue weighted by Gasteiger charge is 2.16. The van der Waals surface area contributed by atoms with E-state index in [9.17, 15) is 4.79 Å². The Balaban J connectivity index is 2.07. The van der Waals surface area contributed by atoms with E-state index in [1.807, 2.05) is 12.1 Å². The summed E-state index contributed by atoms with van der Waals surface area (Å²) in [4.78, 5) is 15.2. The summed E-state index contributed by atoms with van der Waals surface area (Å²) >= 11 is 0. The third-order valence-electron chi connectivity index (χ3n) is 3.04. The predicted molar refractivity (Wildman–Crippen MR) is 64.8 cm³/mol. The zero-order chi connectivity index (χ0) is 12.5. The van der Waals surface area contributed by atoms with Crippen molar-refractivity contribution in [2.24, 2.45) is 0 Å². The molecule has 1 aromatic heterocycles. The van der Waals surface area contributed by atoms with Crippen molar-refractivity contribution in [1.82, 2.24) is 4.98 Å². The van der Waals surface area contributed by atoms with Crippen molar-refractivity contribution < 1.29 is 14.6 Å². The fourth-order valence-corrected chi connectivity index (χ4v) is 2.10. The van der Waals surface area contributed by atoms with Gasteiger partial charge in [-0.1, -0.05) is 6.07 Å². The molecule has 0 aliphatic carbocycles.